The number of carbonyl (C=O) groups is 1. The molecule has 1 aromatic carbocycles. The van der Waals surface area contributed by atoms with Crippen LogP contribution in [0.3, 0.4) is 0 Å². The van der Waals surface area contributed by atoms with Crippen molar-refractivity contribution in [2.24, 2.45) is 0 Å². The number of likely N-dealkylation sites (N-methyl/N-ethyl adjacent to an activating group) is 1. The Labute approximate surface area is 160 Å². The minimum Gasteiger partial charge on any atom is -0.495 e. The fourth-order valence-electron chi connectivity index (χ4n) is 2.78. The molecule has 0 bridgehead atoms. The lowest BCUT2D eigenvalue weighted by molar-refractivity contribution is -0.129. The Kier molecular flexibility index (Phi) is 6.79. The van der Waals surface area contributed by atoms with Gasteiger partial charge in [0.15, 0.2) is 5.03 Å². The van der Waals surface area contributed by atoms with Crippen LogP contribution < -0.4 is 9.04 Å². The van der Waals surface area contributed by atoms with Gasteiger partial charge in [0.2, 0.25) is 5.91 Å². The van der Waals surface area contributed by atoms with Crippen LogP contribution in [0, 0.1) is 6.92 Å². The summed E-state index contributed by atoms with van der Waals surface area (Å²) in [6.45, 7) is 6.04. The third-order valence-electron chi connectivity index (χ3n) is 4.24. The molecule has 0 unspecified atom stereocenters. The van der Waals surface area contributed by atoms with Crippen LogP contribution in [0.25, 0.3) is 0 Å². The van der Waals surface area contributed by atoms with E-state index in [0.29, 0.717) is 30.1 Å². The lowest BCUT2D eigenvalue weighted by Crippen LogP contribution is -2.43. The predicted octanol–water partition coefficient (Wildman–Crippen LogP) is 2.46. The molecule has 0 atom stereocenters. The molecule has 146 valence electrons. The molecule has 1 amide bonds. The summed E-state index contributed by atoms with van der Waals surface area (Å²) in [4.78, 5) is 18.3. The summed E-state index contributed by atoms with van der Waals surface area (Å²) in [6, 6.07) is 10.1. The van der Waals surface area contributed by atoms with Gasteiger partial charge in [0.05, 0.1) is 12.8 Å². The monoisotopic (exact) mass is 391 g/mol. The Morgan fingerprint density at radius 2 is 1.78 bits per heavy atom. The molecule has 2 rings (SSSR count). The Balaban J connectivity index is 2.59. The number of aromatic nitrogens is 1. The number of ether oxygens (including phenoxy) is 1. The summed E-state index contributed by atoms with van der Waals surface area (Å²) in [7, 11) is -2.61. The highest BCUT2D eigenvalue weighted by atomic mass is 32.2. The van der Waals surface area contributed by atoms with Crippen LogP contribution in [-0.4, -0.2) is 51.0 Å². The maximum absolute atomic E-state index is 13.4. The quantitative estimate of drug-likeness (QED) is 0.691. The molecule has 0 aliphatic heterocycles. The Hall–Kier alpha value is -2.61. The minimum atomic E-state index is -4.07. The predicted molar refractivity (Wildman–Crippen MR) is 104 cm³/mol. The van der Waals surface area contributed by atoms with Gasteiger partial charge in [-0.2, -0.15) is 8.42 Å². The number of pyridine rings is 1. The number of sulfonamides is 1. The van der Waals surface area contributed by atoms with Gasteiger partial charge >= 0.3 is 0 Å². The van der Waals surface area contributed by atoms with Crippen LogP contribution in [-0.2, 0) is 14.8 Å². The number of aryl methyl sites for hydroxylation is 1. The number of carbonyl (C=O) groups excluding carboxylic acids is 1. The average molecular weight is 391 g/mol. The highest BCUT2D eigenvalue weighted by molar-refractivity contribution is 7.92. The fourth-order valence-corrected chi connectivity index (χ4v) is 4.35. The number of anilines is 1. The summed E-state index contributed by atoms with van der Waals surface area (Å²) < 4.78 is 33.2. The van der Waals surface area contributed by atoms with Crippen molar-refractivity contribution >= 4 is 21.6 Å². The van der Waals surface area contributed by atoms with Gasteiger partial charge < -0.3 is 9.64 Å². The lowest BCUT2D eigenvalue weighted by Gasteiger charge is -2.28. The van der Waals surface area contributed by atoms with Crippen molar-refractivity contribution in [1.82, 2.24) is 9.88 Å². The van der Waals surface area contributed by atoms with Crippen LogP contribution in [0.4, 0.5) is 5.69 Å². The number of hydrogen-bond acceptors (Lipinski definition) is 5. The van der Waals surface area contributed by atoms with E-state index in [4.69, 9.17) is 4.74 Å². The zero-order chi connectivity index (χ0) is 20.0. The van der Waals surface area contributed by atoms with E-state index < -0.39 is 10.0 Å². The molecule has 8 heteroatoms. The van der Waals surface area contributed by atoms with Gasteiger partial charge in [0.25, 0.3) is 10.0 Å². The number of rotatable bonds is 8. The number of methoxy groups -OCH3 is 1. The van der Waals surface area contributed by atoms with Crippen molar-refractivity contribution in [1.29, 1.82) is 0 Å². The van der Waals surface area contributed by atoms with E-state index in [1.165, 1.54) is 13.3 Å². The van der Waals surface area contributed by atoms with E-state index in [0.717, 1.165) is 4.31 Å². The molecule has 0 fully saturated rings. The molecular formula is C19H25N3O4S. The van der Waals surface area contributed by atoms with Gasteiger partial charge in [-0.05, 0) is 44.5 Å². The van der Waals surface area contributed by atoms with Gasteiger partial charge in [-0.25, -0.2) is 4.98 Å². The van der Waals surface area contributed by atoms with Gasteiger partial charge in [-0.15, -0.1) is 0 Å². The van der Waals surface area contributed by atoms with Crippen LogP contribution >= 0.6 is 0 Å². The summed E-state index contributed by atoms with van der Waals surface area (Å²) in [5, 5.41) is -0.0803. The molecule has 7 nitrogen and oxygen atoms in total. The van der Waals surface area contributed by atoms with E-state index in [1.807, 2.05) is 13.8 Å². The summed E-state index contributed by atoms with van der Waals surface area (Å²) in [5.41, 5.74) is 0.804. The maximum Gasteiger partial charge on any atom is 0.282 e. The molecule has 27 heavy (non-hydrogen) atoms. The number of nitrogens with zero attached hydrogens (tertiary/aromatic N) is 3. The molecule has 1 aromatic heterocycles. The molecule has 0 aliphatic rings. The number of para-hydroxylation sites is 2. The molecule has 1 heterocycles. The first-order chi connectivity index (χ1) is 12.9. The first kappa shape index (κ1) is 20.7. The van der Waals surface area contributed by atoms with E-state index in [9.17, 15) is 13.2 Å². The standard InChI is InChI=1S/C19H25N3O4S/c1-5-21(6-2)18(23)14-22(16-11-7-8-12-17(16)26-4)27(24,25)19-15(3)10-9-13-20-19/h7-13H,5-6,14H2,1-4H3. The normalized spacial score (nSPS) is 11.1. The Bertz CT molecular complexity index is 895. The first-order valence-electron chi connectivity index (χ1n) is 8.71. The highest BCUT2D eigenvalue weighted by Crippen LogP contribution is 2.32. The maximum atomic E-state index is 13.4. The third kappa shape index (κ3) is 4.39. The molecular weight excluding hydrogens is 366 g/mol. The fraction of sp³-hybridized carbons (Fsp3) is 0.368. The molecule has 2 aromatic rings. The van der Waals surface area contributed by atoms with E-state index in [2.05, 4.69) is 4.98 Å². The second-order valence-electron chi connectivity index (χ2n) is 5.88. The third-order valence-corrected chi connectivity index (χ3v) is 6.07. The van der Waals surface area contributed by atoms with Gasteiger partial charge in [-0.1, -0.05) is 18.2 Å². The second-order valence-corrected chi connectivity index (χ2v) is 7.65. The molecule has 0 spiro atoms. The number of benzene rings is 1. The number of hydrogen-bond donors (Lipinski definition) is 0. The Morgan fingerprint density at radius 1 is 1.11 bits per heavy atom. The summed E-state index contributed by atoms with van der Waals surface area (Å²) >= 11 is 0. The number of amides is 1. The minimum absolute atomic E-state index is 0.0803. The topological polar surface area (TPSA) is 79.8 Å². The van der Waals surface area contributed by atoms with Gasteiger partial charge in [-0.3, -0.25) is 9.10 Å². The van der Waals surface area contributed by atoms with E-state index in [-0.39, 0.29) is 17.5 Å². The largest absolute Gasteiger partial charge is 0.495 e. The van der Waals surface area contributed by atoms with Crippen molar-refractivity contribution < 1.29 is 17.9 Å². The van der Waals surface area contributed by atoms with Crippen molar-refractivity contribution in [2.75, 3.05) is 31.0 Å². The second kappa shape index (κ2) is 8.85. The van der Waals surface area contributed by atoms with Crippen LogP contribution in [0.1, 0.15) is 19.4 Å². The zero-order valence-corrected chi connectivity index (χ0v) is 16.9. The van der Waals surface area contributed by atoms with E-state index >= 15 is 0 Å². The van der Waals surface area contributed by atoms with Crippen molar-refractivity contribution in [3.63, 3.8) is 0 Å². The molecule has 0 N–H and O–H groups in total. The van der Waals surface area contributed by atoms with Gasteiger partial charge in [0.1, 0.15) is 12.3 Å². The zero-order valence-electron chi connectivity index (χ0n) is 16.0. The van der Waals surface area contributed by atoms with Crippen LogP contribution in [0.15, 0.2) is 47.6 Å². The highest BCUT2D eigenvalue weighted by Gasteiger charge is 2.32. The van der Waals surface area contributed by atoms with Crippen molar-refractivity contribution in [2.45, 2.75) is 25.8 Å². The van der Waals surface area contributed by atoms with Gasteiger partial charge in [0, 0.05) is 19.3 Å². The average Bonchev–Trinajstić information content (AvgIpc) is 2.67. The SMILES string of the molecule is CCN(CC)C(=O)CN(c1ccccc1OC)S(=O)(=O)c1ncccc1C. The molecule has 0 aliphatic carbocycles. The smallest absolute Gasteiger partial charge is 0.282 e. The van der Waals surface area contributed by atoms with Crippen molar-refractivity contribution in [3.8, 4) is 5.75 Å². The van der Waals surface area contributed by atoms with Crippen LogP contribution in [0.2, 0.25) is 0 Å². The lowest BCUT2D eigenvalue weighted by atomic mass is 10.3. The summed E-state index contributed by atoms with van der Waals surface area (Å²) in [5.74, 6) is 0.0741. The Morgan fingerprint density at radius 3 is 2.37 bits per heavy atom. The molecule has 0 radical (unpaired) electrons. The van der Waals surface area contributed by atoms with Crippen molar-refractivity contribution in [3.05, 3.63) is 48.2 Å². The summed E-state index contributed by atoms with van der Waals surface area (Å²) in [6.07, 6.45) is 1.42. The molecule has 0 saturated carbocycles. The van der Waals surface area contributed by atoms with E-state index in [1.54, 1.807) is 48.2 Å². The molecule has 0 saturated heterocycles. The van der Waals surface area contributed by atoms with Crippen LogP contribution in [0.5, 0.6) is 5.75 Å². The first-order valence-corrected chi connectivity index (χ1v) is 10.2.